The van der Waals surface area contributed by atoms with Gasteiger partial charge in [-0.2, -0.15) is 4.98 Å². The Balaban J connectivity index is 1.30. The monoisotopic (exact) mass is 591 g/mol. The summed E-state index contributed by atoms with van der Waals surface area (Å²) < 4.78 is 13.0. The minimum Gasteiger partial charge on any atom is -0.496 e. The van der Waals surface area contributed by atoms with Gasteiger partial charge in [0.1, 0.15) is 5.75 Å². The van der Waals surface area contributed by atoms with Gasteiger partial charge in [-0.3, -0.25) is 14.2 Å². The number of rotatable bonds is 11. The second-order valence-corrected chi connectivity index (χ2v) is 10.1. The van der Waals surface area contributed by atoms with Crippen LogP contribution in [0.5, 0.6) is 11.5 Å². The average Bonchev–Trinajstić information content (AvgIpc) is 3.45. The second kappa shape index (κ2) is 13.5. The molecule has 0 bridgehead atoms. The standard InChI is InChI=1S/C33H33N7O4/c1-39(2)17-8-15-30(41)35-23-10-5-9-22(19-23)32(42)36-24-11-6-12-25(20-24)37-33-34-21-29(44-4)31(38-33)40-18-16-26-27(40)13-7-14-28(26)43-3/h5-16,18-21H,17H2,1-4H3,(H,35,41)(H,36,42)(H,34,37,38)/b15-8+. The van der Waals surface area contributed by atoms with Crippen LogP contribution in [0.4, 0.5) is 23.0 Å². The minimum absolute atomic E-state index is 0.267. The van der Waals surface area contributed by atoms with Crippen molar-refractivity contribution in [1.82, 2.24) is 19.4 Å². The fourth-order valence-electron chi connectivity index (χ4n) is 4.54. The van der Waals surface area contributed by atoms with Crippen LogP contribution in [-0.4, -0.2) is 66.1 Å². The van der Waals surface area contributed by atoms with Crippen molar-refractivity contribution < 1.29 is 19.1 Å². The molecule has 44 heavy (non-hydrogen) atoms. The van der Waals surface area contributed by atoms with Crippen LogP contribution in [0, 0.1) is 0 Å². The highest BCUT2D eigenvalue weighted by atomic mass is 16.5. The van der Waals surface area contributed by atoms with E-state index >= 15 is 0 Å². The van der Waals surface area contributed by atoms with Gasteiger partial charge in [0, 0.05) is 46.8 Å². The largest absolute Gasteiger partial charge is 0.496 e. The van der Waals surface area contributed by atoms with Crippen LogP contribution in [0.25, 0.3) is 16.7 Å². The van der Waals surface area contributed by atoms with Crippen LogP contribution >= 0.6 is 0 Å². The molecule has 0 unspecified atom stereocenters. The summed E-state index contributed by atoms with van der Waals surface area (Å²) in [7, 11) is 7.05. The van der Waals surface area contributed by atoms with E-state index < -0.39 is 0 Å². The number of nitrogens with zero attached hydrogens (tertiary/aromatic N) is 4. The molecule has 0 saturated heterocycles. The molecule has 2 aromatic heterocycles. The number of carbonyl (C=O) groups excluding carboxylic acids is 2. The van der Waals surface area contributed by atoms with Crippen molar-refractivity contribution in [2.75, 3.05) is 50.8 Å². The second-order valence-electron chi connectivity index (χ2n) is 10.1. The number of amides is 2. The van der Waals surface area contributed by atoms with Gasteiger partial charge in [-0.15, -0.1) is 0 Å². The van der Waals surface area contributed by atoms with Gasteiger partial charge < -0.3 is 30.3 Å². The molecule has 0 atom stereocenters. The van der Waals surface area contributed by atoms with Crippen molar-refractivity contribution in [3.8, 4) is 17.3 Å². The number of fused-ring (bicyclic) bond motifs is 1. The van der Waals surface area contributed by atoms with E-state index in [0.717, 1.165) is 16.7 Å². The van der Waals surface area contributed by atoms with Gasteiger partial charge >= 0.3 is 0 Å². The fourth-order valence-corrected chi connectivity index (χ4v) is 4.54. The number of carbonyl (C=O) groups is 2. The van der Waals surface area contributed by atoms with Gasteiger partial charge in [-0.25, -0.2) is 4.98 Å². The highest BCUT2D eigenvalue weighted by Crippen LogP contribution is 2.31. The third-order valence-electron chi connectivity index (χ3n) is 6.61. The number of nitrogens with one attached hydrogen (secondary N) is 3. The number of anilines is 4. The van der Waals surface area contributed by atoms with Gasteiger partial charge in [0.2, 0.25) is 11.9 Å². The molecule has 3 N–H and O–H groups in total. The van der Waals surface area contributed by atoms with Crippen LogP contribution in [0.2, 0.25) is 0 Å². The number of aromatic nitrogens is 3. The molecule has 5 rings (SSSR count). The zero-order valence-electron chi connectivity index (χ0n) is 24.9. The molecule has 2 amide bonds. The minimum atomic E-state index is -0.320. The number of hydrogen-bond donors (Lipinski definition) is 3. The molecule has 0 fully saturated rings. The van der Waals surface area contributed by atoms with Gasteiger partial charge in [-0.1, -0.05) is 24.3 Å². The highest BCUT2D eigenvalue weighted by molar-refractivity contribution is 6.06. The van der Waals surface area contributed by atoms with E-state index in [0.29, 0.717) is 46.7 Å². The lowest BCUT2D eigenvalue weighted by Crippen LogP contribution is -2.14. The van der Waals surface area contributed by atoms with Crippen LogP contribution in [0.3, 0.4) is 0 Å². The van der Waals surface area contributed by atoms with E-state index in [-0.39, 0.29) is 11.8 Å². The Bertz CT molecular complexity index is 1830. The number of likely N-dealkylation sites (N-methyl/N-ethyl adjacent to an activating group) is 1. The highest BCUT2D eigenvalue weighted by Gasteiger charge is 2.15. The predicted octanol–water partition coefficient (Wildman–Crippen LogP) is 5.49. The summed E-state index contributed by atoms with van der Waals surface area (Å²) in [5.74, 6) is 1.57. The summed E-state index contributed by atoms with van der Waals surface area (Å²) in [6.07, 6.45) is 6.75. The first-order chi connectivity index (χ1) is 21.3. The van der Waals surface area contributed by atoms with E-state index in [1.54, 1.807) is 62.9 Å². The SMILES string of the molecule is COc1cnc(Nc2cccc(NC(=O)c3cccc(NC(=O)/C=C/CN(C)C)c3)c2)nc1-n1ccc2c(OC)cccc21. The summed E-state index contributed by atoms with van der Waals surface area (Å²) in [6.45, 7) is 0.648. The maximum absolute atomic E-state index is 13.1. The molecule has 11 nitrogen and oxygen atoms in total. The Morgan fingerprint density at radius 2 is 1.61 bits per heavy atom. The number of methoxy groups -OCH3 is 2. The normalized spacial score (nSPS) is 11.1. The third kappa shape index (κ3) is 7.02. The molecule has 0 saturated carbocycles. The molecule has 2 heterocycles. The van der Waals surface area contributed by atoms with E-state index in [9.17, 15) is 9.59 Å². The Labute approximate surface area is 255 Å². The third-order valence-corrected chi connectivity index (χ3v) is 6.61. The van der Waals surface area contributed by atoms with Gasteiger partial charge in [0.15, 0.2) is 11.6 Å². The van der Waals surface area contributed by atoms with Gasteiger partial charge in [0.25, 0.3) is 5.91 Å². The molecular weight excluding hydrogens is 558 g/mol. The Morgan fingerprint density at radius 3 is 2.39 bits per heavy atom. The lowest BCUT2D eigenvalue weighted by molar-refractivity contribution is -0.111. The zero-order valence-corrected chi connectivity index (χ0v) is 24.9. The Morgan fingerprint density at radius 1 is 0.886 bits per heavy atom. The van der Waals surface area contributed by atoms with Crippen molar-refractivity contribution in [1.29, 1.82) is 0 Å². The Kier molecular flexibility index (Phi) is 9.16. The van der Waals surface area contributed by atoms with Crippen LogP contribution in [0.1, 0.15) is 10.4 Å². The van der Waals surface area contributed by atoms with Gasteiger partial charge in [-0.05, 0) is 68.7 Å². The molecule has 0 spiro atoms. The zero-order chi connectivity index (χ0) is 31.1. The summed E-state index contributed by atoms with van der Waals surface area (Å²) in [6, 6.07) is 21.7. The smallest absolute Gasteiger partial charge is 0.255 e. The van der Waals surface area contributed by atoms with E-state index in [1.165, 1.54) is 6.08 Å². The van der Waals surface area contributed by atoms with Crippen LogP contribution < -0.4 is 25.4 Å². The molecule has 0 aliphatic heterocycles. The van der Waals surface area contributed by atoms with Crippen molar-refractivity contribution >= 4 is 45.7 Å². The molecule has 11 heteroatoms. The summed E-state index contributed by atoms with van der Waals surface area (Å²) >= 11 is 0. The lowest BCUT2D eigenvalue weighted by atomic mass is 10.1. The lowest BCUT2D eigenvalue weighted by Gasteiger charge is -2.13. The molecule has 224 valence electrons. The first-order valence-corrected chi connectivity index (χ1v) is 13.8. The topological polar surface area (TPSA) is 123 Å². The maximum atomic E-state index is 13.1. The van der Waals surface area contributed by atoms with E-state index in [1.807, 2.05) is 66.2 Å². The summed E-state index contributed by atoms with van der Waals surface area (Å²) in [4.78, 5) is 36.4. The fraction of sp³-hybridized carbons (Fsp3) is 0.152. The van der Waals surface area contributed by atoms with Crippen LogP contribution in [-0.2, 0) is 4.79 Å². The molecular formula is C33H33N7O4. The molecule has 0 aliphatic carbocycles. The van der Waals surface area contributed by atoms with Gasteiger partial charge in [0.05, 0.1) is 25.9 Å². The maximum Gasteiger partial charge on any atom is 0.255 e. The first-order valence-electron chi connectivity index (χ1n) is 13.8. The summed E-state index contributed by atoms with van der Waals surface area (Å²) in [5.41, 5.74) is 3.06. The predicted molar refractivity (Wildman–Crippen MR) is 172 cm³/mol. The van der Waals surface area contributed by atoms with Crippen molar-refractivity contribution in [2.45, 2.75) is 0 Å². The van der Waals surface area contributed by atoms with E-state index in [2.05, 4.69) is 20.9 Å². The Hall–Kier alpha value is -5.68. The number of ether oxygens (including phenoxy) is 2. The van der Waals surface area contributed by atoms with Crippen LogP contribution in [0.15, 0.2) is 97.3 Å². The molecule has 5 aromatic rings. The van der Waals surface area contributed by atoms with Crippen molar-refractivity contribution in [3.05, 3.63) is 103 Å². The molecule has 0 radical (unpaired) electrons. The van der Waals surface area contributed by atoms with Crippen molar-refractivity contribution in [3.63, 3.8) is 0 Å². The number of hydrogen-bond acceptors (Lipinski definition) is 8. The molecule has 3 aromatic carbocycles. The van der Waals surface area contributed by atoms with Crippen molar-refractivity contribution in [2.24, 2.45) is 0 Å². The molecule has 0 aliphatic rings. The summed E-state index contributed by atoms with van der Waals surface area (Å²) in [5, 5.41) is 9.85. The van der Waals surface area contributed by atoms with E-state index in [4.69, 9.17) is 14.5 Å². The quantitative estimate of drug-likeness (QED) is 0.172. The number of benzene rings is 3. The first kappa shape index (κ1) is 29.8. The average molecular weight is 592 g/mol.